The molecule has 60 valence electrons. The molecule has 1 aromatic heterocycles. The van der Waals surface area contributed by atoms with Crippen molar-refractivity contribution in [3.8, 4) is 0 Å². The summed E-state index contributed by atoms with van der Waals surface area (Å²) >= 11 is 0. The van der Waals surface area contributed by atoms with Gasteiger partial charge < -0.3 is 9.13 Å². The minimum Gasteiger partial charge on any atom is -0.334 e. The zero-order valence-corrected chi connectivity index (χ0v) is 10.2. The molecule has 0 bridgehead atoms. The zero-order chi connectivity index (χ0) is 8.59. The van der Waals surface area contributed by atoms with Gasteiger partial charge in [0.05, 0.1) is 0 Å². The van der Waals surface area contributed by atoms with E-state index in [0.29, 0.717) is 0 Å². The first-order chi connectivity index (χ1) is 5.04. The van der Waals surface area contributed by atoms with Crippen LogP contribution >= 0.6 is 0 Å². The molecule has 1 aromatic rings. The summed E-state index contributed by atoms with van der Waals surface area (Å²) in [6, 6.07) is 0. The normalized spacial score (nSPS) is 9.17. The van der Waals surface area contributed by atoms with Crippen molar-refractivity contribution in [1.29, 1.82) is 0 Å². The molecule has 0 saturated carbocycles. The van der Waals surface area contributed by atoms with E-state index in [1.165, 1.54) is 14.1 Å². The first-order valence-corrected chi connectivity index (χ1v) is 2.85. The molecule has 0 aliphatic carbocycles. The summed E-state index contributed by atoms with van der Waals surface area (Å²) < 4.78 is 1.53. The Morgan fingerprint density at radius 1 is 1.00 bits per heavy atom. The maximum Gasteiger partial charge on any atom is 1.00 e. The van der Waals surface area contributed by atoms with Crippen molar-refractivity contribution in [2.75, 3.05) is 0 Å². The molecule has 0 atom stereocenters. The number of rotatable bonds is 0. The van der Waals surface area contributed by atoms with E-state index in [1.807, 2.05) is 0 Å². The Bertz CT molecular complexity index is 403. The number of nitrogens with zero attached hydrogens (tertiary/aromatic N) is 3. The topological polar surface area (TPSA) is 75.2 Å². The quantitative estimate of drug-likeness (QED) is 0.387. The van der Waals surface area contributed by atoms with Crippen LogP contribution in [0.3, 0.4) is 0 Å². The van der Waals surface area contributed by atoms with Crippen LogP contribution in [0.5, 0.6) is 0 Å². The van der Waals surface area contributed by atoms with Gasteiger partial charge in [-0.15, -0.1) is 0 Å². The molecule has 0 N–H and O–H groups in total. The number of hydrogen-bond donors (Lipinski definition) is 0. The molecule has 0 spiro atoms. The Labute approximate surface area is 110 Å². The van der Waals surface area contributed by atoms with Crippen LogP contribution in [0.25, 0.3) is 0 Å². The van der Waals surface area contributed by atoms with Crippen LogP contribution in [0, 0.1) is 0 Å². The van der Waals surface area contributed by atoms with Gasteiger partial charge in [-0.3, -0.25) is 19.4 Å². The first kappa shape index (κ1) is 12.0. The van der Waals surface area contributed by atoms with Gasteiger partial charge in [0, 0.05) is 0 Å². The molecule has 6 nitrogen and oxygen atoms in total. The van der Waals surface area contributed by atoms with E-state index in [2.05, 4.69) is 4.98 Å². The van der Waals surface area contributed by atoms with E-state index in [1.54, 1.807) is 0 Å². The maximum absolute atomic E-state index is 10.9. The van der Waals surface area contributed by atoms with Crippen LogP contribution in [-0.2, 0) is 14.1 Å². The van der Waals surface area contributed by atoms with Crippen molar-refractivity contribution in [1.82, 2.24) is 14.1 Å². The molecule has 0 fully saturated rings. The summed E-state index contributed by atoms with van der Waals surface area (Å²) in [5, 5.41) is 0. The summed E-state index contributed by atoms with van der Waals surface area (Å²) in [4.78, 5) is 35.2. The second kappa shape index (κ2) is 4.33. The van der Waals surface area contributed by atoms with Crippen LogP contribution < -0.4 is 73.4 Å². The fraction of sp³-hybridized carbons (Fsp3) is 0.400. The average molecular weight is 195 g/mol. The van der Waals surface area contributed by atoms with Gasteiger partial charge in [0.1, 0.15) is 0 Å². The first-order valence-electron chi connectivity index (χ1n) is 2.85. The average Bonchev–Trinajstić information content (AvgIpc) is 1.97. The SMILES string of the molecule is Cn1c(=O)[n-]c(=O)n(C)c1=O.[K+]. The predicted molar refractivity (Wildman–Crippen MR) is 36.5 cm³/mol. The Kier molecular flexibility index (Phi) is 4.35. The van der Waals surface area contributed by atoms with Gasteiger partial charge in [-0.2, -0.15) is 0 Å². The summed E-state index contributed by atoms with van der Waals surface area (Å²) in [5.41, 5.74) is -2.30. The minimum atomic E-state index is -0.821. The number of hydrogen-bond acceptors (Lipinski definition) is 3. The van der Waals surface area contributed by atoms with Gasteiger partial charge in [0.15, 0.2) is 0 Å². The van der Waals surface area contributed by atoms with Crippen molar-refractivity contribution >= 4 is 0 Å². The molecule has 0 unspecified atom stereocenters. The van der Waals surface area contributed by atoms with E-state index in [0.717, 1.165) is 9.13 Å². The third-order valence-corrected chi connectivity index (χ3v) is 1.34. The molecule has 1 heterocycles. The van der Waals surface area contributed by atoms with Gasteiger partial charge in [0.25, 0.3) is 0 Å². The maximum atomic E-state index is 10.9. The van der Waals surface area contributed by atoms with E-state index in [9.17, 15) is 14.4 Å². The summed E-state index contributed by atoms with van der Waals surface area (Å²) in [7, 11) is 2.52. The molecule has 0 amide bonds. The van der Waals surface area contributed by atoms with Gasteiger partial charge in [-0.25, -0.2) is 0 Å². The molecule has 0 aliphatic rings. The third kappa shape index (κ3) is 2.05. The summed E-state index contributed by atoms with van der Waals surface area (Å²) in [5.74, 6) is 0. The van der Waals surface area contributed by atoms with Crippen LogP contribution in [0.1, 0.15) is 0 Å². The van der Waals surface area contributed by atoms with Gasteiger partial charge in [-0.05, 0) is 14.1 Å². The Morgan fingerprint density at radius 3 is 1.67 bits per heavy atom. The van der Waals surface area contributed by atoms with Crippen LogP contribution in [0.4, 0.5) is 0 Å². The molecule has 1 rings (SSSR count). The molecule has 0 aliphatic heterocycles. The minimum absolute atomic E-state index is 0. The van der Waals surface area contributed by atoms with E-state index < -0.39 is 17.1 Å². The van der Waals surface area contributed by atoms with Crippen LogP contribution in [-0.4, -0.2) is 9.13 Å². The van der Waals surface area contributed by atoms with Gasteiger partial charge >= 0.3 is 51.4 Å². The van der Waals surface area contributed by atoms with Gasteiger partial charge in [0.2, 0.25) is 17.1 Å². The monoisotopic (exact) mass is 195 g/mol. The summed E-state index contributed by atoms with van der Waals surface area (Å²) in [6.45, 7) is 0. The second-order valence-corrected chi connectivity index (χ2v) is 2.08. The van der Waals surface area contributed by atoms with Crippen LogP contribution in [0.15, 0.2) is 14.4 Å². The Balaban J connectivity index is 0.00000121. The molecule has 7 heteroatoms. The molecular weight excluding hydrogens is 189 g/mol. The van der Waals surface area contributed by atoms with Crippen molar-refractivity contribution in [3.63, 3.8) is 0 Å². The van der Waals surface area contributed by atoms with E-state index >= 15 is 0 Å². The summed E-state index contributed by atoms with van der Waals surface area (Å²) in [6.07, 6.45) is 0. The van der Waals surface area contributed by atoms with Crippen molar-refractivity contribution in [2.45, 2.75) is 0 Å². The van der Waals surface area contributed by atoms with Crippen molar-refractivity contribution in [3.05, 3.63) is 31.5 Å². The standard InChI is InChI=1S/C5H7N3O3.K/c1-7-3(9)6-4(10)8(2)5(7)11;/h1-2H3,(H,6,9,10);/q;+1/p-1. The molecule has 0 radical (unpaired) electrons. The van der Waals surface area contributed by atoms with E-state index in [4.69, 9.17) is 0 Å². The smallest absolute Gasteiger partial charge is 0.334 e. The van der Waals surface area contributed by atoms with E-state index in [-0.39, 0.29) is 51.4 Å². The molecule has 12 heavy (non-hydrogen) atoms. The zero-order valence-electron chi connectivity index (χ0n) is 7.07. The third-order valence-electron chi connectivity index (χ3n) is 1.34. The Morgan fingerprint density at radius 2 is 1.33 bits per heavy atom. The van der Waals surface area contributed by atoms with Crippen LogP contribution in [0.2, 0.25) is 0 Å². The van der Waals surface area contributed by atoms with Crippen molar-refractivity contribution < 1.29 is 51.4 Å². The largest absolute Gasteiger partial charge is 1.00 e. The fourth-order valence-corrected chi connectivity index (χ4v) is 0.620. The number of aromatic nitrogens is 3. The molecule has 0 saturated heterocycles. The molecular formula is C5H6KN3O3. The van der Waals surface area contributed by atoms with Crippen molar-refractivity contribution in [2.24, 2.45) is 14.1 Å². The second-order valence-electron chi connectivity index (χ2n) is 2.08. The Hall–Kier alpha value is 0.0464. The molecule has 0 aromatic carbocycles. The predicted octanol–water partition coefficient (Wildman–Crippen LogP) is -5.59. The fourth-order valence-electron chi connectivity index (χ4n) is 0.620. The van der Waals surface area contributed by atoms with Gasteiger partial charge in [-0.1, -0.05) is 0 Å².